The quantitative estimate of drug-likeness (QED) is 0.458. The summed E-state index contributed by atoms with van der Waals surface area (Å²) in [5.41, 5.74) is 2.86. The van der Waals surface area contributed by atoms with Gasteiger partial charge in [-0.2, -0.15) is 0 Å². The molecule has 0 saturated heterocycles. The van der Waals surface area contributed by atoms with Crippen LogP contribution in [0.25, 0.3) is 11.0 Å². The van der Waals surface area contributed by atoms with Crippen LogP contribution in [0, 0.1) is 6.92 Å². The number of furan rings is 1. The summed E-state index contributed by atoms with van der Waals surface area (Å²) in [7, 11) is 0. The predicted octanol–water partition coefficient (Wildman–Crippen LogP) is 5.55. The van der Waals surface area contributed by atoms with E-state index in [4.69, 9.17) is 4.42 Å². The second-order valence-corrected chi connectivity index (χ2v) is 7.74. The summed E-state index contributed by atoms with van der Waals surface area (Å²) in [5.74, 6) is 0.315. The number of carbonyl (C=O) groups excluding carboxylic acids is 2. The van der Waals surface area contributed by atoms with E-state index in [-0.39, 0.29) is 17.9 Å². The number of anilines is 1. The highest BCUT2D eigenvalue weighted by Gasteiger charge is 2.19. The number of hydrogen-bond donors (Lipinski definition) is 2. The van der Waals surface area contributed by atoms with E-state index >= 15 is 0 Å². The van der Waals surface area contributed by atoms with Gasteiger partial charge in [-0.15, -0.1) is 11.3 Å². The third kappa shape index (κ3) is 3.93. The summed E-state index contributed by atoms with van der Waals surface area (Å²) in [6.07, 6.45) is 0. The monoisotopic (exact) mass is 404 g/mol. The van der Waals surface area contributed by atoms with E-state index in [1.807, 2.05) is 49.6 Å². The minimum Gasteiger partial charge on any atom is -0.459 e. The summed E-state index contributed by atoms with van der Waals surface area (Å²) in [6, 6.07) is 18.0. The first kappa shape index (κ1) is 19.0. The standard InChI is InChI=1S/C23H20N2O3S/c1-14-18-9-3-4-10-19(18)28-21(14)15(2)24-22(26)16-7-5-8-17(13-16)25-23(27)20-11-6-12-29-20/h3-13,15H,1-2H3,(H,24,26)(H,25,27). The molecule has 0 aliphatic rings. The molecule has 2 aromatic heterocycles. The Morgan fingerprint density at radius 2 is 1.83 bits per heavy atom. The molecule has 2 heterocycles. The summed E-state index contributed by atoms with van der Waals surface area (Å²) in [4.78, 5) is 25.6. The number of nitrogens with one attached hydrogen (secondary N) is 2. The minimum atomic E-state index is -0.292. The van der Waals surface area contributed by atoms with Crippen LogP contribution in [0.3, 0.4) is 0 Å². The van der Waals surface area contributed by atoms with Gasteiger partial charge in [0.1, 0.15) is 11.3 Å². The number of aryl methyl sites for hydroxylation is 1. The van der Waals surface area contributed by atoms with E-state index in [0.717, 1.165) is 22.3 Å². The molecule has 5 nitrogen and oxygen atoms in total. The van der Waals surface area contributed by atoms with Crippen molar-refractivity contribution in [1.29, 1.82) is 0 Å². The molecule has 6 heteroatoms. The fraction of sp³-hybridized carbons (Fsp3) is 0.130. The fourth-order valence-electron chi connectivity index (χ4n) is 3.29. The van der Waals surface area contributed by atoms with Gasteiger partial charge >= 0.3 is 0 Å². The molecular formula is C23H20N2O3S. The van der Waals surface area contributed by atoms with Gasteiger partial charge in [0.05, 0.1) is 10.9 Å². The minimum absolute atomic E-state index is 0.191. The van der Waals surface area contributed by atoms with Crippen molar-refractivity contribution in [1.82, 2.24) is 5.32 Å². The van der Waals surface area contributed by atoms with Crippen molar-refractivity contribution in [3.8, 4) is 0 Å². The number of fused-ring (bicyclic) bond motifs is 1. The van der Waals surface area contributed by atoms with Crippen molar-refractivity contribution in [2.45, 2.75) is 19.9 Å². The molecule has 0 radical (unpaired) electrons. The van der Waals surface area contributed by atoms with Crippen molar-refractivity contribution < 1.29 is 14.0 Å². The first-order chi connectivity index (χ1) is 14.0. The molecule has 2 amide bonds. The Kier molecular flexibility index (Phi) is 5.18. The van der Waals surface area contributed by atoms with Crippen LogP contribution in [-0.2, 0) is 0 Å². The first-order valence-corrected chi connectivity index (χ1v) is 10.1. The molecule has 0 aliphatic carbocycles. The highest BCUT2D eigenvalue weighted by molar-refractivity contribution is 7.12. The number of benzene rings is 2. The third-order valence-corrected chi connectivity index (χ3v) is 5.62. The lowest BCUT2D eigenvalue weighted by atomic mass is 10.1. The Labute approximate surface area is 172 Å². The van der Waals surface area contributed by atoms with Crippen LogP contribution >= 0.6 is 11.3 Å². The molecule has 0 saturated carbocycles. The SMILES string of the molecule is Cc1c(C(C)NC(=O)c2cccc(NC(=O)c3cccs3)c2)oc2ccccc12. The van der Waals surface area contributed by atoms with Crippen LogP contribution in [0.4, 0.5) is 5.69 Å². The summed E-state index contributed by atoms with van der Waals surface area (Å²) >= 11 is 1.37. The normalized spacial score (nSPS) is 11.9. The summed E-state index contributed by atoms with van der Waals surface area (Å²) in [6.45, 7) is 3.88. The van der Waals surface area contributed by atoms with E-state index in [9.17, 15) is 9.59 Å². The molecule has 0 bridgehead atoms. The van der Waals surface area contributed by atoms with E-state index in [0.29, 0.717) is 16.1 Å². The molecule has 0 spiro atoms. The number of para-hydroxylation sites is 1. The van der Waals surface area contributed by atoms with Gasteiger partial charge in [0.25, 0.3) is 11.8 Å². The number of hydrogen-bond acceptors (Lipinski definition) is 4. The lowest BCUT2D eigenvalue weighted by molar-refractivity contribution is 0.0934. The maximum Gasteiger partial charge on any atom is 0.265 e. The van der Waals surface area contributed by atoms with E-state index in [1.54, 1.807) is 30.3 Å². The van der Waals surface area contributed by atoms with Gasteiger partial charge in [0.2, 0.25) is 0 Å². The smallest absolute Gasteiger partial charge is 0.265 e. The zero-order chi connectivity index (χ0) is 20.4. The molecular weight excluding hydrogens is 384 g/mol. The molecule has 0 aliphatic heterocycles. The van der Waals surface area contributed by atoms with Crippen LogP contribution in [-0.4, -0.2) is 11.8 Å². The molecule has 2 N–H and O–H groups in total. The average molecular weight is 404 g/mol. The first-order valence-electron chi connectivity index (χ1n) is 9.27. The second-order valence-electron chi connectivity index (χ2n) is 6.79. The lowest BCUT2D eigenvalue weighted by Gasteiger charge is -2.13. The van der Waals surface area contributed by atoms with Gasteiger partial charge in [-0.05, 0) is 49.6 Å². The lowest BCUT2D eigenvalue weighted by Crippen LogP contribution is -2.26. The number of rotatable bonds is 5. The maximum absolute atomic E-state index is 12.8. The Bertz CT molecular complexity index is 1180. The molecule has 1 atom stereocenters. The van der Waals surface area contributed by atoms with Gasteiger partial charge in [-0.25, -0.2) is 0 Å². The molecule has 2 aromatic carbocycles. The van der Waals surface area contributed by atoms with Crippen molar-refractivity contribution in [2.75, 3.05) is 5.32 Å². The Morgan fingerprint density at radius 3 is 2.59 bits per heavy atom. The zero-order valence-electron chi connectivity index (χ0n) is 16.1. The number of thiophene rings is 1. The Hall–Kier alpha value is -3.38. The van der Waals surface area contributed by atoms with Gasteiger partial charge < -0.3 is 15.1 Å². The molecule has 4 aromatic rings. The summed E-state index contributed by atoms with van der Waals surface area (Å²) < 4.78 is 5.94. The van der Waals surface area contributed by atoms with Crippen LogP contribution < -0.4 is 10.6 Å². The van der Waals surface area contributed by atoms with Crippen molar-refractivity contribution >= 4 is 39.8 Å². The van der Waals surface area contributed by atoms with Crippen LogP contribution in [0.15, 0.2) is 70.5 Å². The molecule has 29 heavy (non-hydrogen) atoms. The van der Waals surface area contributed by atoms with E-state index in [1.165, 1.54) is 11.3 Å². The van der Waals surface area contributed by atoms with Gasteiger partial charge in [-0.3, -0.25) is 9.59 Å². The van der Waals surface area contributed by atoms with Crippen LogP contribution in [0.1, 0.15) is 44.3 Å². The molecule has 1 unspecified atom stereocenters. The van der Waals surface area contributed by atoms with Gasteiger partial charge in [-0.1, -0.05) is 30.3 Å². The van der Waals surface area contributed by atoms with Crippen molar-refractivity contribution in [3.63, 3.8) is 0 Å². The molecule has 0 fully saturated rings. The Morgan fingerprint density at radius 1 is 1.00 bits per heavy atom. The number of amides is 2. The van der Waals surface area contributed by atoms with Crippen molar-refractivity contribution in [3.05, 3.63) is 87.8 Å². The second kappa shape index (κ2) is 7.93. The van der Waals surface area contributed by atoms with E-state index in [2.05, 4.69) is 10.6 Å². The highest BCUT2D eigenvalue weighted by atomic mass is 32.1. The van der Waals surface area contributed by atoms with Gasteiger partial charge in [0, 0.05) is 22.2 Å². The fourth-order valence-corrected chi connectivity index (χ4v) is 3.91. The molecule has 146 valence electrons. The summed E-state index contributed by atoms with van der Waals surface area (Å²) in [5, 5.41) is 8.69. The topological polar surface area (TPSA) is 71.3 Å². The van der Waals surface area contributed by atoms with Crippen molar-refractivity contribution in [2.24, 2.45) is 0 Å². The molecule has 4 rings (SSSR count). The largest absolute Gasteiger partial charge is 0.459 e. The van der Waals surface area contributed by atoms with E-state index < -0.39 is 0 Å². The predicted molar refractivity (Wildman–Crippen MR) is 116 cm³/mol. The van der Waals surface area contributed by atoms with Crippen LogP contribution in [0.5, 0.6) is 0 Å². The van der Waals surface area contributed by atoms with Crippen LogP contribution in [0.2, 0.25) is 0 Å². The average Bonchev–Trinajstić information content (AvgIpc) is 3.37. The Balaban J connectivity index is 1.49. The third-order valence-electron chi connectivity index (χ3n) is 4.75. The highest BCUT2D eigenvalue weighted by Crippen LogP contribution is 2.29. The van der Waals surface area contributed by atoms with Gasteiger partial charge in [0.15, 0.2) is 0 Å². The maximum atomic E-state index is 12.8. The zero-order valence-corrected chi connectivity index (χ0v) is 16.9. The number of carbonyl (C=O) groups is 2.